The van der Waals surface area contributed by atoms with E-state index in [2.05, 4.69) is 11.9 Å². The van der Waals surface area contributed by atoms with Crippen LogP contribution in [0.2, 0.25) is 0 Å². The largest absolute Gasteiger partial charge is 0.481 e. The van der Waals surface area contributed by atoms with E-state index < -0.39 is 11.4 Å². The standard InChI is InChI=1S/C14H19NO2S/c1-8-9(2)18-12(15-8)7-14(13(16)17)6-10-3-4-11(14)5-10/h10-11H,3-7H2,1-2H3,(H,16,17). The van der Waals surface area contributed by atoms with Crippen LogP contribution in [0.25, 0.3) is 0 Å². The zero-order chi connectivity index (χ0) is 12.9. The van der Waals surface area contributed by atoms with Crippen molar-refractivity contribution < 1.29 is 9.90 Å². The number of hydrogen-bond acceptors (Lipinski definition) is 3. The van der Waals surface area contributed by atoms with Crippen molar-refractivity contribution in [1.82, 2.24) is 4.98 Å². The third-order valence-corrected chi connectivity index (χ3v) is 6.01. The Hall–Kier alpha value is -0.900. The molecule has 0 saturated heterocycles. The van der Waals surface area contributed by atoms with E-state index in [-0.39, 0.29) is 0 Å². The quantitative estimate of drug-likeness (QED) is 0.913. The highest BCUT2D eigenvalue weighted by molar-refractivity contribution is 7.11. The number of nitrogens with zero attached hydrogens (tertiary/aromatic N) is 1. The van der Waals surface area contributed by atoms with Gasteiger partial charge in [-0.05, 0) is 44.9 Å². The van der Waals surface area contributed by atoms with Crippen molar-refractivity contribution in [2.24, 2.45) is 17.3 Å². The first-order valence-electron chi connectivity index (χ1n) is 6.67. The lowest BCUT2D eigenvalue weighted by Crippen LogP contribution is -2.38. The molecule has 0 amide bonds. The van der Waals surface area contributed by atoms with Crippen LogP contribution < -0.4 is 0 Å². The molecule has 1 heterocycles. The molecule has 0 aliphatic heterocycles. The molecule has 1 aromatic rings. The molecule has 0 radical (unpaired) electrons. The summed E-state index contributed by atoms with van der Waals surface area (Å²) in [6, 6.07) is 0. The molecule has 4 heteroatoms. The average Bonchev–Trinajstić information content (AvgIpc) is 2.95. The summed E-state index contributed by atoms with van der Waals surface area (Å²) in [4.78, 5) is 17.5. The van der Waals surface area contributed by atoms with Gasteiger partial charge in [0.25, 0.3) is 0 Å². The van der Waals surface area contributed by atoms with Crippen molar-refractivity contribution in [2.75, 3.05) is 0 Å². The Morgan fingerprint density at radius 2 is 2.28 bits per heavy atom. The number of hydrogen-bond donors (Lipinski definition) is 1. The van der Waals surface area contributed by atoms with Crippen LogP contribution in [-0.2, 0) is 11.2 Å². The fraction of sp³-hybridized carbons (Fsp3) is 0.714. The van der Waals surface area contributed by atoms with Crippen molar-refractivity contribution in [3.05, 3.63) is 15.6 Å². The number of carboxylic acid groups (broad SMARTS) is 1. The zero-order valence-electron chi connectivity index (χ0n) is 10.9. The van der Waals surface area contributed by atoms with Gasteiger partial charge in [-0.2, -0.15) is 0 Å². The summed E-state index contributed by atoms with van der Waals surface area (Å²) in [7, 11) is 0. The lowest BCUT2D eigenvalue weighted by Gasteiger charge is -2.32. The molecule has 2 aliphatic carbocycles. The summed E-state index contributed by atoms with van der Waals surface area (Å²) in [5.74, 6) is 0.429. The highest BCUT2D eigenvalue weighted by atomic mass is 32.1. The van der Waals surface area contributed by atoms with Gasteiger partial charge in [0, 0.05) is 11.3 Å². The number of carboxylic acids is 1. The summed E-state index contributed by atoms with van der Waals surface area (Å²) >= 11 is 1.67. The van der Waals surface area contributed by atoms with E-state index in [1.807, 2.05) is 6.92 Å². The topological polar surface area (TPSA) is 50.2 Å². The first-order chi connectivity index (χ1) is 8.51. The van der Waals surface area contributed by atoms with Crippen molar-refractivity contribution in [3.8, 4) is 0 Å². The smallest absolute Gasteiger partial charge is 0.310 e. The number of aryl methyl sites for hydroxylation is 2. The molecule has 2 fully saturated rings. The molecule has 3 unspecified atom stereocenters. The third kappa shape index (κ3) is 1.69. The van der Waals surface area contributed by atoms with Crippen LogP contribution in [-0.4, -0.2) is 16.1 Å². The Morgan fingerprint density at radius 1 is 1.50 bits per heavy atom. The molecule has 18 heavy (non-hydrogen) atoms. The third-order valence-electron chi connectivity index (χ3n) is 4.94. The molecule has 1 aromatic heterocycles. The van der Waals surface area contributed by atoms with E-state index >= 15 is 0 Å². The molecule has 2 saturated carbocycles. The number of rotatable bonds is 3. The monoisotopic (exact) mass is 265 g/mol. The molecule has 2 aliphatic rings. The molecular weight excluding hydrogens is 246 g/mol. The van der Waals surface area contributed by atoms with Crippen molar-refractivity contribution in [1.29, 1.82) is 0 Å². The number of carbonyl (C=O) groups is 1. The molecule has 0 spiro atoms. The lowest BCUT2D eigenvalue weighted by molar-refractivity contribution is -0.152. The van der Waals surface area contributed by atoms with Crippen LogP contribution in [0.3, 0.4) is 0 Å². The normalized spacial score (nSPS) is 34.1. The molecule has 98 valence electrons. The molecular formula is C14H19NO2S. The summed E-state index contributed by atoms with van der Waals surface area (Å²) in [6.07, 6.45) is 4.96. The molecule has 1 N–H and O–H groups in total. The number of aromatic nitrogens is 1. The molecule has 0 aromatic carbocycles. The second-order valence-electron chi connectivity index (χ2n) is 5.97. The summed E-state index contributed by atoms with van der Waals surface area (Å²) in [5, 5.41) is 10.7. The van der Waals surface area contributed by atoms with Crippen LogP contribution in [0, 0.1) is 31.1 Å². The van der Waals surface area contributed by atoms with Crippen LogP contribution in [0.5, 0.6) is 0 Å². The van der Waals surface area contributed by atoms with Gasteiger partial charge in [-0.25, -0.2) is 4.98 Å². The van der Waals surface area contributed by atoms with Gasteiger partial charge in [0.05, 0.1) is 16.1 Å². The van der Waals surface area contributed by atoms with Crippen LogP contribution in [0.4, 0.5) is 0 Å². The Labute approximate surface area is 111 Å². The van der Waals surface area contributed by atoms with Gasteiger partial charge in [-0.3, -0.25) is 4.79 Å². The Morgan fingerprint density at radius 3 is 2.72 bits per heavy atom. The molecule has 3 atom stereocenters. The second-order valence-corrected chi connectivity index (χ2v) is 7.26. The van der Waals surface area contributed by atoms with E-state index in [1.54, 1.807) is 11.3 Å². The van der Waals surface area contributed by atoms with Gasteiger partial charge in [0.1, 0.15) is 0 Å². The number of aliphatic carboxylic acids is 1. The Kier molecular flexibility index (Phi) is 2.73. The lowest BCUT2D eigenvalue weighted by atomic mass is 9.71. The molecule has 3 rings (SSSR count). The van der Waals surface area contributed by atoms with E-state index in [0.717, 1.165) is 30.0 Å². The average molecular weight is 265 g/mol. The maximum absolute atomic E-state index is 11.8. The van der Waals surface area contributed by atoms with E-state index in [9.17, 15) is 9.90 Å². The second kappa shape index (κ2) is 4.05. The zero-order valence-corrected chi connectivity index (χ0v) is 11.7. The van der Waals surface area contributed by atoms with E-state index in [4.69, 9.17) is 0 Å². The predicted molar refractivity (Wildman–Crippen MR) is 70.8 cm³/mol. The predicted octanol–water partition coefficient (Wildman–Crippen LogP) is 3.19. The van der Waals surface area contributed by atoms with E-state index in [1.165, 1.54) is 11.3 Å². The van der Waals surface area contributed by atoms with Crippen LogP contribution >= 0.6 is 11.3 Å². The molecule has 3 nitrogen and oxygen atoms in total. The van der Waals surface area contributed by atoms with Crippen molar-refractivity contribution in [2.45, 2.75) is 46.0 Å². The van der Waals surface area contributed by atoms with Gasteiger partial charge in [-0.1, -0.05) is 6.42 Å². The Balaban J connectivity index is 1.90. The highest BCUT2D eigenvalue weighted by Crippen LogP contribution is 2.57. The fourth-order valence-electron chi connectivity index (χ4n) is 3.88. The number of thiazole rings is 1. The minimum atomic E-state index is -0.597. The minimum absolute atomic E-state index is 0.379. The maximum Gasteiger partial charge on any atom is 0.310 e. The van der Waals surface area contributed by atoms with Crippen LogP contribution in [0.15, 0.2) is 0 Å². The van der Waals surface area contributed by atoms with E-state index in [0.29, 0.717) is 18.3 Å². The van der Waals surface area contributed by atoms with Crippen molar-refractivity contribution in [3.63, 3.8) is 0 Å². The summed E-state index contributed by atoms with van der Waals surface area (Å²) in [5.41, 5.74) is 0.540. The van der Waals surface area contributed by atoms with Crippen LogP contribution in [0.1, 0.15) is 41.3 Å². The minimum Gasteiger partial charge on any atom is -0.481 e. The summed E-state index contributed by atoms with van der Waals surface area (Å²) < 4.78 is 0. The van der Waals surface area contributed by atoms with Gasteiger partial charge in [-0.15, -0.1) is 11.3 Å². The Bertz CT molecular complexity index is 476. The number of fused-ring (bicyclic) bond motifs is 2. The highest BCUT2D eigenvalue weighted by Gasteiger charge is 2.56. The molecule has 2 bridgehead atoms. The SMILES string of the molecule is Cc1nc(CC2(C(=O)O)CC3CCC2C3)sc1C. The summed E-state index contributed by atoms with van der Waals surface area (Å²) in [6.45, 7) is 4.06. The van der Waals surface area contributed by atoms with Gasteiger partial charge in [0.15, 0.2) is 0 Å². The van der Waals surface area contributed by atoms with Gasteiger partial charge < -0.3 is 5.11 Å². The first-order valence-corrected chi connectivity index (χ1v) is 7.49. The maximum atomic E-state index is 11.8. The van der Waals surface area contributed by atoms with Crippen molar-refractivity contribution >= 4 is 17.3 Å². The van der Waals surface area contributed by atoms with Gasteiger partial charge >= 0.3 is 5.97 Å². The fourth-order valence-corrected chi connectivity index (χ4v) is 4.94. The first kappa shape index (κ1) is 12.2. The van der Waals surface area contributed by atoms with Gasteiger partial charge in [0.2, 0.25) is 0 Å².